The van der Waals surface area contributed by atoms with Crippen LogP contribution in [0, 0.1) is 5.92 Å². The number of aryl methyl sites for hydroxylation is 1. The Kier molecular flexibility index (Phi) is 9.12. The van der Waals surface area contributed by atoms with Crippen LogP contribution in [0.3, 0.4) is 0 Å². The quantitative estimate of drug-likeness (QED) is 0.508. The summed E-state index contributed by atoms with van der Waals surface area (Å²) in [6.45, 7) is 1.74. The highest BCUT2D eigenvalue weighted by molar-refractivity contribution is 7.89. The van der Waals surface area contributed by atoms with Gasteiger partial charge in [-0.15, -0.1) is 0 Å². The van der Waals surface area contributed by atoms with Crippen LogP contribution >= 0.6 is 0 Å². The van der Waals surface area contributed by atoms with Gasteiger partial charge in [-0.1, -0.05) is 42.5 Å². The summed E-state index contributed by atoms with van der Waals surface area (Å²) in [6, 6.07) is 16.7. The second-order valence-electron chi connectivity index (χ2n) is 9.48. The summed E-state index contributed by atoms with van der Waals surface area (Å²) in [4.78, 5) is 25.9. The van der Waals surface area contributed by atoms with E-state index in [9.17, 15) is 18.0 Å². The molecule has 2 aliphatic heterocycles. The maximum absolute atomic E-state index is 13.1. The average molecular weight is 514 g/mol. The standard InChI is InChI=1S/C27H35N3O5S/c31-26(29-25-15-5-4-14-24(25)27(32)28-19-23-13-7-17-35-23)22-12-6-16-30(20-22)36(33,34)18-8-11-21-9-2-1-3-10-21/h1-5,9-10,14-15,22-23H,6-8,11-13,16-20H2,(H,28,32)(H,29,31)/t22-,23+/m0/s1. The van der Waals surface area contributed by atoms with Gasteiger partial charge >= 0.3 is 0 Å². The van der Waals surface area contributed by atoms with Crippen molar-refractivity contribution < 1.29 is 22.7 Å². The molecular weight excluding hydrogens is 478 g/mol. The molecule has 2 aliphatic rings. The second-order valence-corrected chi connectivity index (χ2v) is 11.6. The maximum atomic E-state index is 13.1. The molecule has 0 spiro atoms. The molecule has 2 N–H and O–H groups in total. The van der Waals surface area contributed by atoms with Crippen LogP contribution in [0.25, 0.3) is 0 Å². The maximum Gasteiger partial charge on any atom is 0.253 e. The number of carbonyl (C=O) groups excluding carboxylic acids is 2. The fourth-order valence-corrected chi connectivity index (χ4v) is 6.36. The summed E-state index contributed by atoms with van der Waals surface area (Å²) in [7, 11) is -3.45. The SMILES string of the molecule is O=C(NC[C@H]1CCCO1)c1ccccc1NC(=O)[C@H]1CCCN(S(=O)(=O)CCCc2ccccc2)C1. The average Bonchev–Trinajstić information content (AvgIpc) is 3.42. The zero-order valence-electron chi connectivity index (χ0n) is 20.5. The molecular formula is C27H35N3O5S. The van der Waals surface area contributed by atoms with E-state index in [2.05, 4.69) is 10.6 Å². The van der Waals surface area contributed by atoms with Crippen LogP contribution < -0.4 is 10.6 Å². The molecule has 2 heterocycles. The molecule has 2 saturated heterocycles. The van der Waals surface area contributed by atoms with Gasteiger partial charge in [0.15, 0.2) is 0 Å². The molecule has 194 valence electrons. The summed E-state index contributed by atoms with van der Waals surface area (Å²) in [6.07, 6.45) is 4.41. The van der Waals surface area contributed by atoms with E-state index in [1.807, 2.05) is 30.3 Å². The van der Waals surface area contributed by atoms with E-state index in [1.165, 1.54) is 4.31 Å². The van der Waals surface area contributed by atoms with Gasteiger partial charge in [0.05, 0.1) is 29.0 Å². The van der Waals surface area contributed by atoms with Crippen molar-refractivity contribution in [3.63, 3.8) is 0 Å². The number of ether oxygens (including phenoxy) is 1. The van der Waals surface area contributed by atoms with E-state index in [1.54, 1.807) is 24.3 Å². The van der Waals surface area contributed by atoms with E-state index in [0.29, 0.717) is 56.6 Å². The number of amides is 2. The van der Waals surface area contributed by atoms with Crippen molar-refractivity contribution in [1.29, 1.82) is 0 Å². The van der Waals surface area contributed by atoms with Crippen LogP contribution in [0.4, 0.5) is 5.69 Å². The highest BCUT2D eigenvalue weighted by Gasteiger charge is 2.32. The Morgan fingerprint density at radius 1 is 1.00 bits per heavy atom. The fraction of sp³-hybridized carbons (Fsp3) is 0.481. The lowest BCUT2D eigenvalue weighted by Gasteiger charge is -2.31. The normalized spacial score (nSPS) is 20.7. The number of hydrogen-bond acceptors (Lipinski definition) is 5. The Bertz CT molecular complexity index is 1130. The molecule has 2 aromatic rings. The van der Waals surface area contributed by atoms with Gasteiger partial charge in [0, 0.05) is 26.2 Å². The number of benzene rings is 2. The van der Waals surface area contributed by atoms with Crippen LogP contribution in [0.1, 0.15) is 48.0 Å². The lowest BCUT2D eigenvalue weighted by molar-refractivity contribution is -0.120. The first kappa shape index (κ1) is 26.3. The zero-order valence-corrected chi connectivity index (χ0v) is 21.3. The fourth-order valence-electron chi connectivity index (χ4n) is 4.77. The van der Waals surface area contributed by atoms with Crippen molar-refractivity contribution in [2.75, 3.05) is 37.3 Å². The molecule has 2 fully saturated rings. The minimum Gasteiger partial charge on any atom is -0.376 e. The number of piperidine rings is 1. The molecule has 0 radical (unpaired) electrons. The molecule has 2 aromatic carbocycles. The summed E-state index contributed by atoms with van der Waals surface area (Å²) >= 11 is 0. The molecule has 0 bridgehead atoms. The van der Waals surface area contributed by atoms with Gasteiger partial charge in [-0.3, -0.25) is 9.59 Å². The molecule has 2 atom stereocenters. The van der Waals surface area contributed by atoms with Crippen molar-refractivity contribution in [1.82, 2.24) is 9.62 Å². The molecule has 4 rings (SSSR count). The third kappa shape index (κ3) is 7.15. The Labute approximate surface area is 213 Å². The van der Waals surface area contributed by atoms with Gasteiger partial charge in [0.25, 0.3) is 5.91 Å². The minimum atomic E-state index is -3.45. The van der Waals surface area contributed by atoms with Crippen molar-refractivity contribution in [2.45, 2.75) is 44.6 Å². The minimum absolute atomic E-state index is 0.0265. The third-order valence-electron chi connectivity index (χ3n) is 6.80. The van der Waals surface area contributed by atoms with Crippen LogP contribution in [0.15, 0.2) is 54.6 Å². The summed E-state index contributed by atoms with van der Waals surface area (Å²) in [5.74, 6) is -0.943. The molecule has 8 nitrogen and oxygen atoms in total. The largest absolute Gasteiger partial charge is 0.376 e. The number of sulfonamides is 1. The Balaban J connectivity index is 1.32. The first-order valence-corrected chi connectivity index (χ1v) is 14.3. The number of carbonyl (C=O) groups is 2. The third-order valence-corrected chi connectivity index (χ3v) is 8.73. The number of rotatable bonds is 10. The molecule has 0 saturated carbocycles. The summed E-state index contributed by atoms with van der Waals surface area (Å²) in [5.41, 5.74) is 1.92. The van der Waals surface area contributed by atoms with Gasteiger partial charge in [-0.25, -0.2) is 12.7 Å². The summed E-state index contributed by atoms with van der Waals surface area (Å²) < 4.78 is 32.9. The van der Waals surface area contributed by atoms with Crippen LogP contribution in [-0.4, -0.2) is 62.6 Å². The van der Waals surface area contributed by atoms with E-state index >= 15 is 0 Å². The van der Waals surface area contributed by atoms with Crippen molar-refractivity contribution in [3.05, 3.63) is 65.7 Å². The number of anilines is 1. The van der Waals surface area contributed by atoms with Crippen LogP contribution in [0.2, 0.25) is 0 Å². The predicted molar refractivity (Wildman–Crippen MR) is 139 cm³/mol. The van der Waals surface area contributed by atoms with E-state index in [0.717, 1.165) is 18.4 Å². The number of nitrogens with zero attached hydrogens (tertiary/aromatic N) is 1. The zero-order chi connectivity index (χ0) is 25.4. The monoisotopic (exact) mass is 513 g/mol. The smallest absolute Gasteiger partial charge is 0.253 e. The molecule has 36 heavy (non-hydrogen) atoms. The van der Waals surface area contributed by atoms with Crippen LogP contribution in [-0.2, 0) is 26.0 Å². The van der Waals surface area contributed by atoms with Crippen molar-refractivity contribution >= 4 is 27.5 Å². The van der Waals surface area contributed by atoms with Gasteiger partial charge in [-0.2, -0.15) is 0 Å². The molecule has 0 aromatic heterocycles. The lowest BCUT2D eigenvalue weighted by atomic mass is 9.98. The first-order valence-electron chi connectivity index (χ1n) is 12.7. The number of nitrogens with one attached hydrogen (secondary N) is 2. The first-order chi connectivity index (χ1) is 17.4. The summed E-state index contributed by atoms with van der Waals surface area (Å²) in [5, 5.41) is 5.76. The molecule has 0 unspecified atom stereocenters. The van der Waals surface area contributed by atoms with E-state index in [-0.39, 0.29) is 30.2 Å². The Morgan fingerprint density at radius 2 is 1.78 bits per heavy atom. The molecule has 0 aliphatic carbocycles. The number of para-hydroxylation sites is 1. The Hall–Kier alpha value is -2.75. The second kappa shape index (κ2) is 12.5. The van der Waals surface area contributed by atoms with Gasteiger partial charge in [0.2, 0.25) is 15.9 Å². The van der Waals surface area contributed by atoms with Crippen molar-refractivity contribution in [2.24, 2.45) is 5.92 Å². The Morgan fingerprint density at radius 3 is 2.56 bits per heavy atom. The molecule has 2 amide bonds. The van der Waals surface area contributed by atoms with Crippen molar-refractivity contribution in [3.8, 4) is 0 Å². The van der Waals surface area contributed by atoms with Gasteiger partial charge in [0.1, 0.15) is 0 Å². The molecule has 9 heteroatoms. The van der Waals surface area contributed by atoms with E-state index < -0.39 is 15.9 Å². The highest BCUT2D eigenvalue weighted by Crippen LogP contribution is 2.23. The topological polar surface area (TPSA) is 105 Å². The van der Waals surface area contributed by atoms with Gasteiger partial charge < -0.3 is 15.4 Å². The van der Waals surface area contributed by atoms with Gasteiger partial charge in [-0.05, 0) is 56.2 Å². The number of hydrogen-bond donors (Lipinski definition) is 2. The predicted octanol–water partition coefficient (Wildman–Crippen LogP) is 3.21. The lowest BCUT2D eigenvalue weighted by Crippen LogP contribution is -2.44. The highest BCUT2D eigenvalue weighted by atomic mass is 32.2. The van der Waals surface area contributed by atoms with Crippen LogP contribution in [0.5, 0.6) is 0 Å². The van der Waals surface area contributed by atoms with E-state index in [4.69, 9.17) is 4.74 Å².